The number of carbonyl (C=O) groups is 3. The van der Waals surface area contributed by atoms with E-state index < -0.39 is 59.5 Å². The Hall–Kier alpha value is -4.29. The lowest BCUT2D eigenvalue weighted by Gasteiger charge is -2.38. The molecule has 1 aromatic heterocycles. The van der Waals surface area contributed by atoms with Gasteiger partial charge in [0.25, 0.3) is 11.8 Å². The van der Waals surface area contributed by atoms with Crippen molar-refractivity contribution < 1.29 is 37.5 Å². The van der Waals surface area contributed by atoms with Gasteiger partial charge in [-0.05, 0) is 45.6 Å². The average molecular weight is 603 g/mol. The molecule has 0 aliphatic carbocycles. The van der Waals surface area contributed by atoms with Gasteiger partial charge in [-0.15, -0.1) is 0 Å². The van der Waals surface area contributed by atoms with Gasteiger partial charge in [0, 0.05) is 43.4 Å². The number of amides is 2. The number of pyridine rings is 1. The van der Waals surface area contributed by atoms with Crippen molar-refractivity contribution in [1.29, 1.82) is 0 Å². The molecule has 4 rings (SSSR count). The lowest BCUT2D eigenvalue weighted by Crippen LogP contribution is -2.49. The van der Waals surface area contributed by atoms with E-state index in [1.165, 1.54) is 16.8 Å². The summed E-state index contributed by atoms with van der Waals surface area (Å²) in [5.74, 6) is -3.98. The highest BCUT2D eigenvalue weighted by Crippen LogP contribution is 2.36. The molecule has 232 valence electrons. The number of oxime groups is 1. The van der Waals surface area contributed by atoms with Crippen LogP contribution < -0.4 is 15.5 Å². The predicted molar refractivity (Wildman–Crippen MR) is 152 cm³/mol. The third kappa shape index (κ3) is 7.20. The Kier molecular flexibility index (Phi) is 9.82. The first-order valence-corrected chi connectivity index (χ1v) is 14.1. The maximum Gasteiger partial charge on any atom is 0.308 e. The van der Waals surface area contributed by atoms with Crippen molar-refractivity contribution >= 4 is 23.5 Å². The number of nitrogens with zero attached hydrogens (tertiary/aromatic N) is 3. The number of halogens is 2. The van der Waals surface area contributed by atoms with Gasteiger partial charge in [-0.3, -0.25) is 19.2 Å². The average Bonchev–Trinajstić information content (AvgIpc) is 3.07. The van der Waals surface area contributed by atoms with Crippen molar-refractivity contribution in [1.82, 2.24) is 14.8 Å². The number of hydrogen-bond donors (Lipinski definition) is 1. The van der Waals surface area contributed by atoms with Crippen LogP contribution in [0, 0.1) is 17.6 Å². The third-order valence-electron chi connectivity index (χ3n) is 7.29. The van der Waals surface area contributed by atoms with E-state index in [0.29, 0.717) is 24.6 Å². The quantitative estimate of drug-likeness (QED) is 0.189. The fraction of sp³-hybridized carbons (Fsp3) is 0.500. The van der Waals surface area contributed by atoms with Gasteiger partial charge >= 0.3 is 5.97 Å². The minimum atomic E-state index is -0.913. The second kappa shape index (κ2) is 13.3. The molecule has 0 saturated carbocycles. The van der Waals surface area contributed by atoms with E-state index in [1.807, 2.05) is 20.8 Å². The van der Waals surface area contributed by atoms with Crippen LogP contribution in [0.15, 0.2) is 34.3 Å². The summed E-state index contributed by atoms with van der Waals surface area (Å²) in [4.78, 5) is 60.4. The van der Waals surface area contributed by atoms with Gasteiger partial charge in [-0.2, -0.15) is 0 Å². The molecule has 1 N–H and O–H groups in total. The third-order valence-corrected chi connectivity index (χ3v) is 7.29. The molecular formula is C30H36F2N4O7. The second-order valence-corrected chi connectivity index (χ2v) is 11.4. The standard InChI is InChI=1S/C30H36F2N4O7/c1-16(2)10-25(37)41-15-42-28-26-30(40)35-14-23(24(9-6-18(35)5)43-34-17(3)4)36(26)13-21(27(28)38)29(39)33-12-19-7-8-20(31)11-22(19)32/h7-8,11,13,16,18,23-24H,6,9-10,12,14-15H2,1-5H3,(H,33,39)/t18-,23+,24+/m0/s1. The Morgan fingerprint density at radius 3 is 2.58 bits per heavy atom. The van der Waals surface area contributed by atoms with Crippen LogP contribution in [0.5, 0.6) is 5.75 Å². The van der Waals surface area contributed by atoms with Crippen molar-refractivity contribution in [3.8, 4) is 5.75 Å². The van der Waals surface area contributed by atoms with E-state index in [-0.39, 0.29) is 48.3 Å². The Morgan fingerprint density at radius 1 is 1.16 bits per heavy atom. The molecule has 1 aromatic carbocycles. The molecule has 3 heterocycles. The number of benzene rings is 1. The minimum Gasteiger partial charge on any atom is -0.451 e. The number of carbonyl (C=O) groups excluding carboxylic acids is 3. The molecule has 2 amide bonds. The maximum atomic E-state index is 14.2. The van der Waals surface area contributed by atoms with E-state index >= 15 is 0 Å². The van der Waals surface area contributed by atoms with Gasteiger partial charge in [-0.25, -0.2) is 8.78 Å². The van der Waals surface area contributed by atoms with Gasteiger partial charge in [0.15, 0.2) is 5.69 Å². The fourth-order valence-electron chi connectivity index (χ4n) is 5.09. The normalized spacial score (nSPS) is 19.3. The second-order valence-electron chi connectivity index (χ2n) is 11.4. The van der Waals surface area contributed by atoms with Crippen molar-refractivity contribution in [2.45, 2.75) is 78.6 Å². The van der Waals surface area contributed by atoms with Gasteiger partial charge in [0.1, 0.15) is 23.3 Å². The van der Waals surface area contributed by atoms with Gasteiger partial charge in [0.2, 0.25) is 18.0 Å². The molecule has 0 unspecified atom stereocenters. The predicted octanol–water partition coefficient (Wildman–Crippen LogP) is 3.94. The summed E-state index contributed by atoms with van der Waals surface area (Å²) >= 11 is 0. The lowest BCUT2D eigenvalue weighted by molar-refractivity contribution is -0.151. The molecule has 2 aliphatic rings. The Balaban J connectivity index is 1.76. The topological polar surface area (TPSA) is 129 Å². The molecule has 3 atom stereocenters. The molecule has 43 heavy (non-hydrogen) atoms. The van der Waals surface area contributed by atoms with E-state index in [9.17, 15) is 28.0 Å². The van der Waals surface area contributed by atoms with Gasteiger partial charge in [-0.1, -0.05) is 25.1 Å². The fourth-order valence-corrected chi connectivity index (χ4v) is 5.09. The molecule has 1 fully saturated rings. The molecule has 0 radical (unpaired) electrons. The summed E-state index contributed by atoms with van der Waals surface area (Å²) < 4.78 is 39.8. The summed E-state index contributed by atoms with van der Waals surface area (Å²) in [6.07, 6.45) is 2.00. The van der Waals surface area contributed by atoms with Crippen LogP contribution in [0.25, 0.3) is 0 Å². The van der Waals surface area contributed by atoms with Gasteiger partial charge < -0.3 is 29.1 Å². The summed E-state index contributed by atoms with van der Waals surface area (Å²) in [6.45, 7) is 8.35. The monoisotopic (exact) mass is 602 g/mol. The first kappa shape index (κ1) is 31.6. The number of ether oxygens (including phenoxy) is 2. The van der Waals surface area contributed by atoms with Crippen molar-refractivity contribution in [3.05, 3.63) is 63.1 Å². The molecular weight excluding hydrogens is 566 g/mol. The maximum absolute atomic E-state index is 14.2. The summed E-state index contributed by atoms with van der Waals surface area (Å²) in [5, 5.41) is 6.61. The Labute approximate surface area is 247 Å². The van der Waals surface area contributed by atoms with E-state index in [1.54, 1.807) is 18.7 Å². The van der Waals surface area contributed by atoms with Crippen LogP contribution in [-0.2, 0) is 20.9 Å². The molecule has 2 aliphatic heterocycles. The molecule has 1 saturated heterocycles. The van der Waals surface area contributed by atoms with Crippen molar-refractivity contribution in [2.24, 2.45) is 11.1 Å². The van der Waals surface area contributed by atoms with Crippen LogP contribution in [0.4, 0.5) is 8.78 Å². The van der Waals surface area contributed by atoms with Crippen molar-refractivity contribution in [3.63, 3.8) is 0 Å². The number of rotatable bonds is 10. The molecule has 11 nitrogen and oxygen atoms in total. The molecule has 13 heteroatoms. The Morgan fingerprint density at radius 2 is 1.91 bits per heavy atom. The molecule has 2 bridgehead atoms. The zero-order valence-corrected chi connectivity index (χ0v) is 24.8. The van der Waals surface area contributed by atoms with Crippen molar-refractivity contribution in [2.75, 3.05) is 13.3 Å². The zero-order valence-electron chi connectivity index (χ0n) is 24.8. The highest BCUT2D eigenvalue weighted by Gasteiger charge is 2.44. The molecule has 2 aromatic rings. The first-order chi connectivity index (χ1) is 20.4. The Bertz CT molecular complexity index is 1490. The number of aromatic nitrogens is 1. The highest BCUT2D eigenvalue weighted by molar-refractivity contribution is 5.99. The van der Waals surface area contributed by atoms with E-state index in [4.69, 9.17) is 14.3 Å². The summed E-state index contributed by atoms with van der Waals surface area (Å²) in [5.41, 5.74) is -0.722. The number of nitrogens with one attached hydrogen (secondary N) is 1. The van der Waals surface area contributed by atoms with E-state index in [2.05, 4.69) is 10.5 Å². The van der Waals surface area contributed by atoms with Crippen LogP contribution in [0.3, 0.4) is 0 Å². The van der Waals surface area contributed by atoms with E-state index in [0.717, 1.165) is 6.07 Å². The smallest absolute Gasteiger partial charge is 0.308 e. The first-order valence-electron chi connectivity index (χ1n) is 14.1. The minimum absolute atomic E-state index is 0.00573. The summed E-state index contributed by atoms with van der Waals surface area (Å²) in [7, 11) is 0. The van der Waals surface area contributed by atoms with Crippen LogP contribution in [-0.4, -0.2) is 58.4 Å². The van der Waals surface area contributed by atoms with Crippen LogP contribution >= 0.6 is 0 Å². The van der Waals surface area contributed by atoms with Gasteiger partial charge in [0.05, 0.1) is 11.8 Å². The number of fused-ring (bicyclic) bond motifs is 4. The number of hydrogen-bond acceptors (Lipinski definition) is 8. The molecule has 0 spiro atoms. The van der Waals surface area contributed by atoms with Crippen LogP contribution in [0.1, 0.15) is 86.3 Å². The highest BCUT2D eigenvalue weighted by atomic mass is 19.1. The number of esters is 1. The zero-order chi connectivity index (χ0) is 31.4. The SMILES string of the molecule is CC(C)=NO[C@@H]1CC[C@H](C)N2C[C@H]1n1cc(C(=O)NCc3ccc(F)cc3F)c(=O)c(OCOC(=O)CC(C)C)c1C2=O. The largest absolute Gasteiger partial charge is 0.451 e. The summed E-state index contributed by atoms with van der Waals surface area (Å²) in [6, 6.07) is 2.18. The van der Waals surface area contributed by atoms with Crippen LogP contribution in [0.2, 0.25) is 0 Å². The lowest BCUT2D eigenvalue weighted by atomic mass is 10.0.